The van der Waals surface area contributed by atoms with E-state index in [4.69, 9.17) is 4.74 Å². The topological polar surface area (TPSA) is 96.3 Å². The number of nitrogens with zero attached hydrogens (tertiary/aromatic N) is 5. The largest absolute Gasteiger partial charge is 0.507 e. The van der Waals surface area contributed by atoms with Gasteiger partial charge in [-0.25, -0.2) is 0 Å². The third kappa shape index (κ3) is 5.13. The summed E-state index contributed by atoms with van der Waals surface area (Å²) >= 11 is 0. The standard InChI is InChI=1S/C19H19N5O2.C5H11N/c1-26-19-11-14(12-20-23-19)13-4-5-15(17(25)10-13)16-6-7-18(22-21-16)24-8-2-3-9-24;1-6-5-3-2-4-5/h4-7,10-12,25H,2-3,8-9H2,1H3;5-6H,2-4H2,1H3. The van der Waals surface area contributed by atoms with Gasteiger partial charge in [0.15, 0.2) is 5.82 Å². The highest BCUT2D eigenvalue weighted by molar-refractivity contribution is 5.74. The normalized spacial score (nSPS) is 15.6. The first-order chi connectivity index (χ1) is 15.7. The molecule has 1 saturated heterocycles. The number of hydrogen-bond acceptors (Lipinski definition) is 8. The molecule has 1 aromatic carbocycles. The van der Waals surface area contributed by atoms with E-state index < -0.39 is 0 Å². The Morgan fingerprint density at radius 1 is 0.969 bits per heavy atom. The van der Waals surface area contributed by atoms with Crippen molar-refractivity contribution in [3.8, 4) is 34.0 Å². The van der Waals surface area contributed by atoms with E-state index in [1.165, 1.54) is 32.1 Å². The lowest BCUT2D eigenvalue weighted by atomic mass is 9.94. The number of anilines is 1. The summed E-state index contributed by atoms with van der Waals surface area (Å²) in [6.07, 6.45) is 8.25. The lowest BCUT2D eigenvalue weighted by molar-refractivity contribution is 0.361. The smallest absolute Gasteiger partial charge is 0.233 e. The molecule has 0 bridgehead atoms. The van der Waals surface area contributed by atoms with Crippen LogP contribution in [0.2, 0.25) is 0 Å². The van der Waals surface area contributed by atoms with Gasteiger partial charge >= 0.3 is 0 Å². The molecule has 8 nitrogen and oxygen atoms in total. The first-order valence-electron chi connectivity index (χ1n) is 11.1. The highest BCUT2D eigenvalue weighted by Crippen LogP contribution is 2.33. The van der Waals surface area contributed by atoms with Gasteiger partial charge in [0.1, 0.15) is 5.75 Å². The van der Waals surface area contributed by atoms with Crippen LogP contribution < -0.4 is 15.0 Å². The fraction of sp³-hybridized carbons (Fsp3) is 0.417. The number of aromatic hydroxyl groups is 1. The molecule has 168 valence electrons. The molecule has 3 heterocycles. The maximum atomic E-state index is 10.5. The molecule has 1 aliphatic heterocycles. The van der Waals surface area contributed by atoms with E-state index in [-0.39, 0.29) is 5.75 Å². The van der Waals surface area contributed by atoms with E-state index in [9.17, 15) is 5.11 Å². The molecule has 2 fully saturated rings. The van der Waals surface area contributed by atoms with Crippen LogP contribution in [0.25, 0.3) is 22.4 Å². The van der Waals surface area contributed by atoms with Crippen LogP contribution >= 0.6 is 0 Å². The van der Waals surface area contributed by atoms with Crippen molar-refractivity contribution >= 4 is 5.82 Å². The second-order valence-electron chi connectivity index (χ2n) is 8.11. The maximum absolute atomic E-state index is 10.5. The fourth-order valence-corrected chi connectivity index (χ4v) is 3.81. The van der Waals surface area contributed by atoms with Crippen LogP contribution in [0.15, 0.2) is 42.6 Å². The van der Waals surface area contributed by atoms with Gasteiger partial charge in [-0.3, -0.25) is 0 Å². The molecule has 32 heavy (non-hydrogen) atoms. The Morgan fingerprint density at radius 2 is 1.78 bits per heavy atom. The summed E-state index contributed by atoms with van der Waals surface area (Å²) in [6, 6.07) is 11.9. The summed E-state index contributed by atoms with van der Waals surface area (Å²) in [7, 11) is 3.57. The van der Waals surface area contributed by atoms with Gasteiger partial charge in [-0.2, -0.15) is 5.10 Å². The van der Waals surface area contributed by atoms with Crippen LogP contribution in [0.4, 0.5) is 5.82 Å². The molecule has 0 amide bonds. The molecular weight excluding hydrogens is 404 g/mol. The van der Waals surface area contributed by atoms with Gasteiger partial charge in [0, 0.05) is 36.3 Å². The Bertz CT molecular complexity index is 1010. The van der Waals surface area contributed by atoms with Crippen molar-refractivity contribution in [1.29, 1.82) is 0 Å². The lowest BCUT2D eigenvalue weighted by Gasteiger charge is -2.23. The predicted molar refractivity (Wildman–Crippen MR) is 125 cm³/mol. The molecule has 0 spiro atoms. The molecule has 1 aliphatic carbocycles. The number of ether oxygens (including phenoxy) is 1. The van der Waals surface area contributed by atoms with Gasteiger partial charge in [-0.15, -0.1) is 15.3 Å². The summed E-state index contributed by atoms with van der Waals surface area (Å²) in [5.74, 6) is 1.45. The van der Waals surface area contributed by atoms with Crippen molar-refractivity contribution in [3.05, 3.63) is 42.6 Å². The van der Waals surface area contributed by atoms with E-state index in [1.54, 1.807) is 25.4 Å². The number of phenolic OH excluding ortho intramolecular Hbond substituents is 1. The van der Waals surface area contributed by atoms with Gasteiger partial charge in [0.2, 0.25) is 5.88 Å². The van der Waals surface area contributed by atoms with E-state index in [2.05, 4.69) is 30.6 Å². The summed E-state index contributed by atoms with van der Waals surface area (Å²) in [6.45, 7) is 2.05. The zero-order chi connectivity index (χ0) is 22.3. The number of phenols is 1. The molecule has 0 radical (unpaired) electrons. The minimum atomic E-state index is 0.140. The average Bonchev–Trinajstić information content (AvgIpc) is 3.34. The second-order valence-corrected chi connectivity index (χ2v) is 8.11. The molecule has 2 aliphatic rings. The Balaban J connectivity index is 0.000000354. The minimum absolute atomic E-state index is 0.140. The number of aromatic nitrogens is 4. The van der Waals surface area contributed by atoms with E-state index in [0.717, 1.165) is 36.1 Å². The maximum Gasteiger partial charge on any atom is 0.233 e. The summed E-state index contributed by atoms with van der Waals surface area (Å²) in [5.41, 5.74) is 2.92. The van der Waals surface area contributed by atoms with Crippen LogP contribution in [0.5, 0.6) is 11.6 Å². The molecule has 3 aromatic rings. The number of hydrogen-bond donors (Lipinski definition) is 2. The monoisotopic (exact) mass is 434 g/mol. The van der Waals surface area contributed by atoms with Crippen LogP contribution in [-0.2, 0) is 0 Å². The summed E-state index contributed by atoms with van der Waals surface area (Å²) in [5, 5.41) is 30.0. The Morgan fingerprint density at radius 3 is 2.34 bits per heavy atom. The van der Waals surface area contributed by atoms with Crippen molar-refractivity contribution in [2.75, 3.05) is 32.1 Å². The highest BCUT2D eigenvalue weighted by Gasteiger charge is 2.15. The van der Waals surface area contributed by atoms with Crippen molar-refractivity contribution in [2.24, 2.45) is 0 Å². The first kappa shape index (κ1) is 22.0. The van der Waals surface area contributed by atoms with Crippen LogP contribution in [-0.4, -0.2) is 58.8 Å². The minimum Gasteiger partial charge on any atom is -0.507 e. The Kier molecular flexibility index (Phi) is 7.11. The number of methoxy groups -OCH3 is 1. The van der Waals surface area contributed by atoms with Crippen molar-refractivity contribution in [3.63, 3.8) is 0 Å². The molecule has 2 N–H and O–H groups in total. The molecular formula is C24H30N6O2. The molecule has 1 saturated carbocycles. The molecule has 8 heteroatoms. The van der Waals surface area contributed by atoms with Crippen molar-refractivity contribution < 1.29 is 9.84 Å². The van der Waals surface area contributed by atoms with Crippen molar-refractivity contribution in [2.45, 2.75) is 38.1 Å². The molecule has 5 rings (SSSR count). The average molecular weight is 435 g/mol. The number of nitrogens with one attached hydrogen (secondary N) is 1. The fourth-order valence-electron chi connectivity index (χ4n) is 3.81. The van der Waals surface area contributed by atoms with Gasteiger partial charge < -0.3 is 20.1 Å². The van der Waals surface area contributed by atoms with Crippen LogP contribution in [0.1, 0.15) is 32.1 Å². The zero-order valence-corrected chi connectivity index (χ0v) is 18.7. The van der Waals surface area contributed by atoms with Crippen LogP contribution in [0, 0.1) is 0 Å². The Labute approximate surface area is 188 Å². The van der Waals surface area contributed by atoms with Gasteiger partial charge in [-0.1, -0.05) is 12.5 Å². The quantitative estimate of drug-likeness (QED) is 0.628. The zero-order valence-electron chi connectivity index (χ0n) is 18.7. The van der Waals surface area contributed by atoms with Crippen molar-refractivity contribution in [1.82, 2.24) is 25.7 Å². The molecule has 0 atom stereocenters. The SMILES string of the molecule is CNC1CCC1.COc1cc(-c2ccc(-c3ccc(N4CCCC4)nn3)c(O)c2)cnn1. The van der Waals surface area contributed by atoms with Crippen LogP contribution in [0.3, 0.4) is 0 Å². The van der Waals surface area contributed by atoms with E-state index >= 15 is 0 Å². The third-order valence-corrected chi connectivity index (χ3v) is 6.04. The molecule has 0 unspecified atom stereocenters. The first-order valence-corrected chi connectivity index (χ1v) is 11.1. The number of rotatable bonds is 5. The highest BCUT2D eigenvalue weighted by atomic mass is 16.5. The van der Waals surface area contributed by atoms with Gasteiger partial charge in [-0.05, 0) is 62.6 Å². The number of benzene rings is 1. The Hall–Kier alpha value is -3.26. The van der Waals surface area contributed by atoms with E-state index in [1.807, 2.05) is 31.3 Å². The lowest BCUT2D eigenvalue weighted by Crippen LogP contribution is -2.31. The van der Waals surface area contributed by atoms with E-state index in [0.29, 0.717) is 17.1 Å². The molecule has 2 aromatic heterocycles. The predicted octanol–water partition coefficient (Wildman–Crippen LogP) is 3.67. The summed E-state index contributed by atoms with van der Waals surface area (Å²) < 4.78 is 5.09. The van der Waals surface area contributed by atoms with Gasteiger partial charge in [0.05, 0.1) is 19.0 Å². The summed E-state index contributed by atoms with van der Waals surface area (Å²) in [4.78, 5) is 2.23. The second kappa shape index (κ2) is 10.4. The van der Waals surface area contributed by atoms with Gasteiger partial charge in [0.25, 0.3) is 0 Å². The third-order valence-electron chi connectivity index (χ3n) is 6.04.